The first-order valence-corrected chi connectivity index (χ1v) is 12.2. The second-order valence-electron chi connectivity index (χ2n) is 7.49. The molecule has 0 radical (unpaired) electrons. The number of methoxy groups -OCH3 is 1. The van der Waals surface area contributed by atoms with Gasteiger partial charge in [0.1, 0.15) is 10.6 Å². The molecule has 1 amide bonds. The molecule has 2 N–H and O–H groups in total. The zero-order valence-corrected chi connectivity index (χ0v) is 19.1. The second kappa shape index (κ2) is 10.8. The van der Waals surface area contributed by atoms with E-state index in [1.165, 1.54) is 44.6 Å². The maximum Gasteiger partial charge on any atom is 0.263 e. The summed E-state index contributed by atoms with van der Waals surface area (Å²) in [5.74, 6) is 0.288. The number of ether oxygens (including phenoxy) is 1. The topological polar surface area (TPSA) is 87.7 Å². The molecule has 31 heavy (non-hydrogen) atoms. The Morgan fingerprint density at radius 3 is 2.48 bits per heavy atom. The van der Waals surface area contributed by atoms with Gasteiger partial charge in [0.15, 0.2) is 0 Å². The van der Waals surface area contributed by atoms with Crippen molar-refractivity contribution < 1.29 is 17.9 Å². The second-order valence-corrected chi connectivity index (χ2v) is 9.55. The van der Waals surface area contributed by atoms with Crippen molar-refractivity contribution in [1.82, 2.24) is 10.2 Å². The summed E-state index contributed by atoms with van der Waals surface area (Å²) in [6, 6.07) is 10.7. The Balaban J connectivity index is 1.61. The number of hydrogen-bond donors (Lipinski definition) is 2. The lowest BCUT2D eigenvalue weighted by Crippen LogP contribution is -2.33. The van der Waals surface area contributed by atoms with Crippen molar-refractivity contribution in [2.75, 3.05) is 38.0 Å². The number of benzene rings is 2. The average molecular weight is 466 g/mol. The fourth-order valence-corrected chi connectivity index (χ4v) is 5.09. The molecule has 1 aliphatic rings. The highest BCUT2D eigenvalue weighted by molar-refractivity contribution is 7.92. The molecule has 0 aromatic heterocycles. The van der Waals surface area contributed by atoms with E-state index < -0.39 is 10.0 Å². The van der Waals surface area contributed by atoms with Gasteiger partial charge in [-0.3, -0.25) is 9.52 Å². The molecule has 1 aliphatic heterocycles. The van der Waals surface area contributed by atoms with E-state index >= 15 is 0 Å². The number of anilines is 1. The third kappa shape index (κ3) is 6.59. The first kappa shape index (κ1) is 23.4. The Morgan fingerprint density at radius 1 is 1.10 bits per heavy atom. The quantitative estimate of drug-likeness (QED) is 0.550. The van der Waals surface area contributed by atoms with Gasteiger partial charge in [-0.1, -0.05) is 18.0 Å². The first-order valence-electron chi connectivity index (χ1n) is 10.4. The molecule has 2 aromatic carbocycles. The molecule has 9 heteroatoms. The van der Waals surface area contributed by atoms with Gasteiger partial charge >= 0.3 is 0 Å². The molecule has 0 saturated carbocycles. The number of hydrogen-bond acceptors (Lipinski definition) is 5. The summed E-state index contributed by atoms with van der Waals surface area (Å²) in [5.41, 5.74) is 0.613. The number of carbonyl (C=O) groups excluding carboxylic acids is 1. The van der Waals surface area contributed by atoms with Crippen LogP contribution in [0.1, 0.15) is 36.0 Å². The number of piperidine rings is 1. The SMILES string of the molecule is COc1ccc(NS(=O)(=O)c2cc(C(=O)NCCCN3CCCCC3)ccc2Cl)cc1. The van der Waals surface area contributed by atoms with Gasteiger partial charge in [0.25, 0.3) is 15.9 Å². The van der Waals surface area contributed by atoms with Crippen LogP contribution in [0.2, 0.25) is 5.02 Å². The minimum Gasteiger partial charge on any atom is -0.497 e. The maximum absolute atomic E-state index is 12.8. The molecule has 1 saturated heterocycles. The third-order valence-corrected chi connectivity index (χ3v) is 7.07. The number of amides is 1. The van der Waals surface area contributed by atoms with Gasteiger partial charge in [-0.2, -0.15) is 0 Å². The van der Waals surface area contributed by atoms with E-state index in [2.05, 4.69) is 14.9 Å². The Hall–Kier alpha value is -2.29. The molecule has 2 aromatic rings. The lowest BCUT2D eigenvalue weighted by Gasteiger charge is -2.26. The number of carbonyl (C=O) groups is 1. The van der Waals surface area contributed by atoms with Crippen LogP contribution in [0.3, 0.4) is 0 Å². The van der Waals surface area contributed by atoms with E-state index in [1.807, 2.05) is 0 Å². The number of likely N-dealkylation sites (tertiary alicyclic amines) is 1. The van der Waals surface area contributed by atoms with Crippen molar-refractivity contribution in [3.63, 3.8) is 0 Å². The lowest BCUT2D eigenvalue weighted by atomic mass is 10.1. The zero-order valence-electron chi connectivity index (χ0n) is 17.6. The van der Waals surface area contributed by atoms with Crippen molar-refractivity contribution in [3.05, 3.63) is 53.1 Å². The number of halogens is 1. The molecule has 1 heterocycles. The minimum atomic E-state index is -3.97. The Morgan fingerprint density at radius 2 is 1.81 bits per heavy atom. The molecule has 0 unspecified atom stereocenters. The van der Waals surface area contributed by atoms with Crippen molar-refractivity contribution in [3.8, 4) is 5.75 Å². The monoisotopic (exact) mass is 465 g/mol. The van der Waals surface area contributed by atoms with Gasteiger partial charge in [-0.15, -0.1) is 0 Å². The third-order valence-electron chi connectivity index (χ3n) is 5.21. The van der Waals surface area contributed by atoms with Gasteiger partial charge in [0, 0.05) is 17.8 Å². The van der Waals surface area contributed by atoms with Crippen LogP contribution in [0.5, 0.6) is 5.75 Å². The molecule has 0 aliphatic carbocycles. The first-order chi connectivity index (χ1) is 14.9. The van der Waals surface area contributed by atoms with Gasteiger partial charge in [0.05, 0.1) is 12.1 Å². The van der Waals surface area contributed by atoms with Crippen LogP contribution in [-0.2, 0) is 10.0 Å². The number of nitrogens with zero attached hydrogens (tertiary/aromatic N) is 1. The molecular weight excluding hydrogens is 438 g/mol. The largest absolute Gasteiger partial charge is 0.497 e. The van der Waals surface area contributed by atoms with Crippen LogP contribution in [0, 0.1) is 0 Å². The van der Waals surface area contributed by atoms with Gasteiger partial charge in [0.2, 0.25) is 0 Å². The summed E-state index contributed by atoms with van der Waals surface area (Å²) in [6.45, 7) is 3.72. The summed E-state index contributed by atoms with van der Waals surface area (Å²) in [6.07, 6.45) is 4.61. The zero-order chi connectivity index (χ0) is 22.3. The molecule has 168 valence electrons. The summed E-state index contributed by atoms with van der Waals surface area (Å²) in [5, 5.41) is 2.91. The number of rotatable bonds is 9. The van der Waals surface area contributed by atoms with E-state index in [-0.39, 0.29) is 21.4 Å². The standard InChI is InChI=1S/C22H28ClN3O4S/c1-30-19-9-7-18(8-10-19)25-31(28,29)21-16-17(6-11-20(21)23)22(27)24-12-5-15-26-13-3-2-4-14-26/h6-11,16,25H,2-5,12-15H2,1H3,(H,24,27). The Kier molecular flexibility index (Phi) is 8.17. The lowest BCUT2D eigenvalue weighted by molar-refractivity contribution is 0.0951. The van der Waals surface area contributed by atoms with Gasteiger partial charge in [-0.05, 0) is 81.4 Å². The fourth-order valence-electron chi connectivity index (χ4n) is 3.51. The molecule has 0 bridgehead atoms. The van der Waals surface area contributed by atoms with Crippen molar-refractivity contribution in [2.24, 2.45) is 0 Å². The predicted octanol–water partition coefficient (Wildman–Crippen LogP) is 3.76. The van der Waals surface area contributed by atoms with Crippen LogP contribution in [0.15, 0.2) is 47.4 Å². The molecule has 1 fully saturated rings. The van der Waals surface area contributed by atoms with Crippen LogP contribution in [0.25, 0.3) is 0 Å². The van der Waals surface area contributed by atoms with Crippen molar-refractivity contribution in [1.29, 1.82) is 0 Å². The van der Waals surface area contributed by atoms with Gasteiger partial charge < -0.3 is 15.0 Å². The summed E-state index contributed by atoms with van der Waals surface area (Å²) in [7, 11) is -2.44. The molecule has 7 nitrogen and oxygen atoms in total. The van der Waals surface area contributed by atoms with Gasteiger partial charge in [-0.25, -0.2) is 8.42 Å². The number of nitrogens with one attached hydrogen (secondary N) is 2. The highest BCUT2D eigenvalue weighted by Gasteiger charge is 2.20. The van der Waals surface area contributed by atoms with Crippen LogP contribution >= 0.6 is 11.6 Å². The summed E-state index contributed by atoms with van der Waals surface area (Å²) in [4.78, 5) is 14.8. The smallest absolute Gasteiger partial charge is 0.263 e. The Bertz CT molecular complexity index is 990. The van der Waals surface area contributed by atoms with E-state index in [4.69, 9.17) is 16.3 Å². The Labute approximate surface area is 188 Å². The van der Waals surface area contributed by atoms with Crippen LogP contribution in [-0.4, -0.2) is 52.5 Å². The molecule has 0 atom stereocenters. The van der Waals surface area contributed by atoms with Crippen molar-refractivity contribution >= 4 is 33.2 Å². The highest BCUT2D eigenvalue weighted by atomic mass is 35.5. The highest BCUT2D eigenvalue weighted by Crippen LogP contribution is 2.26. The number of sulfonamides is 1. The van der Waals surface area contributed by atoms with E-state index in [0.717, 1.165) is 26.1 Å². The normalized spacial score (nSPS) is 14.8. The average Bonchev–Trinajstić information content (AvgIpc) is 2.77. The van der Waals surface area contributed by atoms with Crippen LogP contribution < -0.4 is 14.8 Å². The van der Waals surface area contributed by atoms with Crippen LogP contribution in [0.4, 0.5) is 5.69 Å². The molecule has 0 spiro atoms. The predicted molar refractivity (Wildman–Crippen MR) is 122 cm³/mol. The molecule has 3 rings (SSSR count). The fraction of sp³-hybridized carbons (Fsp3) is 0.409. The minimum absolute atomic E-state index is 0.0441. The maximum atomic E-state index is 12.8. The summed E-state index contributed by atoms with van der Waals surface area (Å²) >= 11 is 6.14. The summed E-state index contributed by atoms with van der Waals surface area (Å²) < 4.78 is 33.2. The van der Waals surface area contributed by atoms with E-state index in [9.17, 15) is 13.2 Å². The van der Waals surface area contributed by atoms with E-state index in [1.54, 1.807) is 24.3 Å². The van der Waals surface area contributed by atoms with E-state index in [0.29, 0.717) is 18.0 Å². The molecular formula is C22H28ClN3O4S. The van der Waals surface area contributed by atoms with Crippen molar-refractivity contribution in [2.45, 2.75) is 30.6 Å².